The number of anilines is 1. The molecule has 0 unspecified atom stereocenters. The molecule has 21 heavy (non-hydrogen) atoms. The van der Waals surface area contributed by atoms with E-state index in [2.05, 4.69) is 58.6 Å². The Morgan fingerprint density at radius 3 is 2.81 bits per heavy atom. The van der Waals surface area contributed by atoms with Gasteiger partial charge in [0, 0.05) is 16.6 Å². The van der Waals surface area contributed by atoms with E-state index in [9.17, 15) is 0 Å². The van der Waals surface area contributed by atoms with Crippen LogP contribution in [0.5, 0.6) is 0 Å². The molecule has 2 aromatic carbocycles. The molecule has 1 heterocycles. The highest BCUT2D eigenvalue weighted by Gasteiger charge is 2.14. The largest absolute Gasteiger partial charge is 0.399 e. The van der Waals surface area contributed by atoms with E-state index >= 15 is 0 Å². The predicted octanol–water partition coefficient (Wildman–Crippen LogP) is 4.63. The molecule has 0 atom stereocenters. The van der Waals surface area contributed by atoms with Gasteiger partial charge in [0.2, 0.25) is 0 Å². The third-order valence-corrected chi connectivity index (χ3v) is 4.56. The number of hydrogen-bond donors (Lipinski definition) is 1. The lowest BCUT2D eigenvalue weighted by Gasteiger charge is -2.13. The number of benzene rings is 2. The van der Waals surface area contributed by atoms with E-state index in [4.69, 9.17) is 10.7 Å². The maximum atomic E-state index is 5.89. The molecule has 0 aliphatic rings. The van der Waals surface area contributed by atoms with E-state index in [1.165, 1.54) is 11.3 Å². The monoisotopic (exact) mass is 343 g/mol. The van der Waals surface area contributed by atoms with Gasteiger partial charge in [0.25, 0.3) is 0 Å². The average molecular weight is 344 g/mol. The van der Waals surface area contributed by atoms with E-state index in [0.717, 1.165) is 39.9 Å². The van der Waals surface area contributed by atoms with Gasteiger partial charge in [-0.15, -0.1) is 0 Å². The SMILES string of the molecule is CCCc1nc2cc(N)ccc2n1-c1cccc(Br)c1C. The van der Waals surface area contributed by atoms with Gasteiger partial charge >= 0.3 is 0 Å². The first kappa shape index (κ1) is 14.1. The van der Waals surface area contributed by atoms with E-state index < -0.39 is 0 Å². The Hall–Kier alpha value is -1.81. The molecule has 3 nitrogen and oxygen atoms in total. The molecular formula is C17H18BrN3. The highest BCUT2D eigenvalue weighted by molar-refractivity contribution is 9.10. The van der Waals surface area contributed by atoms with Gasteiger partial charge in [-0.2, -0.15) is 0 Å². The molecular weight excluding hydrogens is 326 g/mol. The minimum absolute atomic E-state index is 0.751. The lowest BCUT2D eigenvalue weighted by molar-refractivity contribution is 0.816. The van der Waals surface area contributed by atoms with Crippen molar-refractivity contribution in [2.24, 2.45) is 0 Å². The summed E-state index contributed by atoms with van der Waals surface area (Å²) in [6, 6.07) is 12.2. The van der Waals surface area contributed by atoms with Crippen LogP contribution in [0.2, 0.25) is 0 Å². The standard InChI is InChI=1S/C17H18BrN3/c1-3-5-17-20-14-10-12(19)8-9-16(14)21(17)15-7-4-6-13(18)11(15)2/h4,6-10H,3,5,19H2,1-2H3. The van der Waals surface area contributed by atoms with Crippen molar-refractivity contribution in [2.45, 2.75) is 26.7 Å². The first-order chi connectivity index (χ1) is 10.1. The molecule has 0 saturated carbocycles. The highest BCUT2D eigenvalue weighted by Crippen LogP contribution is 2.29. The van der Waals surface area contributed by atoms with Gasteiger partial charge in [0.05, 0.1) is 16.7 Å². The maximum absolute atomic E-state index is 5.89. The summed E-state index contributed by atoms with van der Waals surface area (Å²) in [7, 11) is 0. The third kappa shape index (κ3) is 2.44. The molecule has 0 amide bonds. The normalized spacial score (nSPS) is 11.2. The number of nitrogens with two attached hydrogens (primary N) is 1. The fraction of sp³-hybridized carbons (Fsp3) is 0.235. The van der Waals surface area contributed by atoms with Crippen LogP contribution in [-0.2, 0) is 6.42 Å². The number of nitrogen functional groups attached to an aromatic ring is 1. The molecule has 0 bridgehead atoms. The number of halogens is 1. The molecule has 0 aliphatic heterocycles. The molecule has 4 heteroatoms. The number of hydrogen-bond acceptors (Lipinski definition) is 2. The summed E-state index contributed by atoms with van der Waals surface area (Å²) in [6.07, 6.45) is 2.01. The zero-order chi connectivity index (χ0) is 15.0. The Morgan fingerprint density at radius 1 is 1.24 bits per heavy atom. The van der Waals surface area contributed by atoms with Crippen molar-refractivity contribution in [3.63, 3.8) is 0 Å². The molecule has 0 aliphatic carbocycles. The second-order valence-corrected chi connectivity index (χ2v) is 6.10. The number of aromatic nitrogens is 2. The van der Waals surface area contributed by atoms with Crippen molar-refractivity contribution in [3.05, 3.63) is 52.3 Å². The van der Waals surface area contributed by atoms with Crippen LogP contribution in [0, 0.1) is 6.92 Å². The van der Waals surface area contributed by atoms with Crippen LogP contribution in [0.15, 0.2) is 40.9 Å². The zero-order valence-corrected chi connectivity index (χ0v) is 13.8. The summed E-state index contributed by atoms with van der Waals surface area (Å²) in [5.74, 6) is 1.08. The van der Waals surface area contributed by atoms with E-state index in [1.807, 2.05) is 12.1 Å². The molecule has 3 rings (SSSR count). The Kier molecular flexibility index (Phi) is 3.72. The topological polar surface area (TPSA) is 43.8 Å². The van der Waals surface area contributed by atoms with Crippen molar-refractivity contribution in [1.82, 2.24) is 9.55 Å². The molecule has 0 saturated heterocycles. The summed E-state index contributed by atoms with van der Waals surface area (Å²) in [6.45, 7) is 4.30. The number of fused-ring (bicyclic) bond motifs is 1. The summed E-state index contributed by atoms with van der Waals surface area (Å²) in [5.41, 5.74) is 11.1. The Morgan fingerprint density at radius 2 is 2.05 bits per heavy atom. The average Bonchev–Trinajstić information content (AvgIpc) is 2.79. The number of rotatable bonds is 3. The summed E-state index contributed by atoms with van der Waals surface area (Å²) in [5, 5.41) is 0. The number of imidazole rings is 1. The molecule has 0 radical (unpaired) electrons. The minimum atomic E-state index is 0.751. The Bertz CT molecular complexity index is 805. The molecule has 2 N–H and O–H groups in total. The van der Waals surface area contributed by atoms with Gasteiger partial charge in [-0.05, 0) is 49.2 Å². The van der Waals surface area contributed by atoms with Crippen LogP contribution < -0.4 is 5.73 Å². The lowest BCUT2D eigenvalue weighted by atomic mass is 10.2. The van der Waals surface area contributed by atoms with Gasteiger partial charge in [-0.25, -0.2) is 4.98 Å². The molecule has 0 spiro atoms. The first-order valence-corrected chi connectivity index (χ1v) is 7.93. The Labute approximate surface area is 132 Å². The summed E-state index contributed by atoms with van der Waals surface area (Å²) >= 11 is 3.62. The second kappa shape index (κ2) is 5.53. The van der Waals surface area contributed by atoms with Gasteiger partial charge < -0.3 is 5.73 Å². The van der Waals surface area contributed by atoms with Gasteiger partial charge in [0.15, 0.2) is 0 Å². The quantitative estimate of drug-likeness (QED) is 0.704. The highest BCUT2D eigenvalue weighted by atomic mass is 79.9. The van der Waals surface area contributed by atoms with Gasteiger partial charge in [0.1, 0.15) is 5.82 Å². The van der Waals surface area contributed by atoms with E-state index in [-0.39, 0.29) is 0 Å². The number of aryl methyl sites for hydroxylation is 1. The van der Waals surface area contributed by atoms with Crippen molar-refractivity contribution in [2.75, 3.05) is 5.73 Å². The summed E-state index contributed by atoms with van der Waals surface area (Å²) in [4.78, 5) is 4.78. The smallest absolute Gasteiger partial charge is 0.114 e. The molecule has 0 fully saturated rings. The molecule has 108 valence electrons. The third-order valence-electron chi connectivity index (χ3n) is 3.70. The molecule has 3 aromatic rings. The molecule has 1 aromatic heterocycles. The van der Waals surface area contributed by atoms with Gasteiger partial charge in [-0.1, -0.05) is 28.9 Å². The lowest BCUT2D eigenvalue weighted by Crippen LogP contribution is -2.03. The van der Waals surface area contributed by atoms with Crippen LogP contribution in [0.1, 0.15) is 24.7 Å². The first-order valence-electron chi connectivity index (χ1n) is 7.14. The van der Waals surface area contributed by atoms with Crippen LogP contribution in [0.25, 0.3) is 16.7 Å². The van der Waals surface area contributed by atoms with Crippen LogP contribution >= 0.6 is 15.9 Å². The van der Waals surface area contributed by atoms with Crippen LogP contribution in [-0.4, -0.2) is 9.55 Å². The zero-order valence-electron chi connectivity index (χ0n) is 12.2. The number of nitrogens with zero attached hydrogens (tertiary/aromatic N) is 2. The van der Waals surface area contributed by atoms with Crippen molar-refractivity contribution in [3.8, 4) is 5.69 Å². The van der Waals surface area contributed by atoms with Crippen molar-refractivity contribution in [1.29, 1.82) is 0 Å². The van der Waals surface area contributed by atoms with Crippen LogP contribution in [0.3, 0.4) is 0 Å². The fourth-order valence-electron chi connectivity index (χ4n) is 2.65. The predicted molar refractivity (Wildman–Crippen MR) is 91.9 cm³/mol. The minimum Gasteiger partial charge on any atom is -0.399 e. The van der Waals surface area contributed by atoms with Crippen molar-refractivity contribution >= 4 is 32.7 Å². The van der Waals surface area contributed by atoms with Crippen LogP contribution in [0.4, 0.5) is 5.69 Å². The maximum Gasteiger partial charge on any atom is 0.114 e. The Balaban J connectivity index is 2.33. The second-order valence-electron chi connectivity index (χ2n) is 5.25. The van der Waals surface area contributed by atoms with E-state index in [0.29, 0.717) is 0 Å². The van der Waals surface area contributed by atoms with Gasteiger partial charge in [-0.3, -0.25) is 4.57 Å². The fourth-order valence-corrected chi connectivity index (χ4v) is 3.00. The van der Waals surface area contributed by atoms with Crippen molar-refractivity contribution < 1.29 is 0 Å². The van der Waals surface area contributed by atoms with E-state index in [1.54, 1.807) is 0 Å². The summed E-state index contributed by atoms with van der Waals surface area (Å²) < 4.78 is 3.36.